The van der Waals surface area contributed by atoms with Gasteiger partial charge in [0, 0.05) is 0 Å². The first-order valence-corrected chi connectivity index (χ1v) is 6.02. The van der Waals surface area contributed by atoms with Gasteiger partial charge in [0.25, 0.3) is 0 Å². The van der Waals surface area contributed by atoms with Crippen molar-refractivity contribution in [2.24, 2.45) is 0 Å². The lowest BCUT2D eigenvalue weighted by Crippen LogP contribution is -2.21. The molecule has 0 saturated heterocycles. The maximum atomic E-state index is 12.7. The van der Waals surface area contributed by atoms with E-state index >= 15 is 0 Å². The van der Waals surface area contributed by atoms with Gasteiger partial charge in [-0.25, -0.2) is 4.98 Å². The monoisotopic (exact) mass is 338 g/mol. The summed E-state index contributed by atoms with van der Waals surface area (Å²) in [7, 11) is 0. The van der Waals surface area contributed by atoms with Gasteiger partial charge in [0.05, 0.1) is 6.20 Å². The van der Waals surface area contributed by atoms with Crippen LogP contribution in [-0.4, -0.2) is 22.8 Å². The van der Waals surface area contributed by atoms with Crippen molar-refractivity contribution in [3.63, 3.8) is 0 Å². The van der Waals surface area contributed by atoms with E-state index < -0.39 is 36.4 Å². The van der Waals surface area contributed by atoms with Crippen LogP contribution in [0.4, 0.5) is 26.3 Å². The first kappa shape index (κ1) is 16.8. The number of para-hydroxylation sites is 1. The van der Waals surface area contributed by atoms with Crippen molar-refractivity contribution in [2.75, 3.05) is 6.61 Å². The molecule has 23 heavy (non-hydrogen) atoms. The number of aromatic nitrogens is 2. The number of hydrogen-bond donors (Lipinski definition) is 0. The maximum Gasteiger partial charge on any atom is 0.423 e. The summed E-state index contributed by atoms with van der Waals surface area (Å²) in [4.78, 5) is 6.59. The van der Waals surface area contributed by atoms with Crippen molar-refractivity contribution < 1.29 is 35.8 Å². The molecule has 0 radical (unpaired) electrons. The van der Waals surface area contributed by atoms with Crippen LogP contribution in [0.3, 0.4) is 0 Å². The zero-order chi connectivity index (χ0) is 17.1. The van der Waals surface area contributed by atoms with Crippen LogP contribution in [-0.2, 0) is 6.18 Å². The van der Waals surface area contributed by atoms with Gasteiger partial charge in [0.1, 0.15) is 11.3 Å². The second-order valence-electron chi connectivity index (χ2n) is 4.19. The molecule has 0 aliphatic heterocycles. The average Bonchev–Trinajstić information content (AvgIpc) is 2.44. The van der Waals surface area contributed by atoms with Crippen molar-refractivity contribution in [3.8, 4) is 17.6 Å². The fourth-order valence-electron chi connectivity index (χ4n) is 1.45. The lowest BCUT2D eigenvalue weighted by Gasteiger charge is -2.14. The molecule has 124 valence electrons. The summed E-state index contributed by atoms with van der Waals surface area (Å²) in [6, 6.07) is 7.20. The minimum Gasteiger partial charge on any atom is -0.467 e. The van der Waals surface area contributed by atoms with Gasteiger partial charge < -0.3 is 9.47 Å². The summed E-state index contributed by atoms with van der Waals surface area (Å²) in [5.74, 6) is -1.05. The lowest BCUT2D eigenvalue weighted by atomic mass is 10.3. The molecule has 0 aliphatic rings. The Morgan fingerprint density at radius 2 is 1.61 bits per heavy atom. The second kappa shape index (κ2) is 6.31. The number of benzene rings is 1. The highest BCUT2D eigenvalue weighted by Crippen LogP contribution is 2.36. The minimum atomic E-state index is -4.97. The van der Waals surface area contributed by atoms with Crippen LogP contribution in [0.2, 0.25) is 0 Å². The first-order valence-electron chi connectivity index (χ1n) is 6.02. The van der Waals surface area contributed by atoms with Crippen LogP contribution in [0.15, 0.2) is 36.5 Å². The summed E-state index contributed by atoms with van der Waals surface area (Å²) in [5.41, 5.74) is -1.53. The Balaban J connectivity index is 2.29. The van der Waals surface area contributed by atoms with Crippen molar-refractivity contribution in [3.05, 3.63) is 42.1 Å². The Morgan fingerprint density at radius 1 is 0.957 bits per heavy atom. The predicted octanol–water partition coefficient (Wildman–Crippen LogP) is 4.23. The number of ether oxygens (including phenoxy) is 2. The summed E-state index contributed by atoms with van der Waals surface area (Å²) in [5, 5.41) is 0. The average molecular weight is 338 g/mol. The Labute approximate surface area is 125 Å². The molecule has 0 aliphatic carbocycles. The largest absolute Gasteiger partial charge is 0.467 e. The molecule has 2 aromatic rings. The van der Waals surface area contributed by atoms with Crippen molar-refractivity contribution >= 4 is 0 Å². The summed E-state index contributed by atoms with van der Waals surface area (Å²) in [6.07, 6.45) is -9.47. The highest BCUT2D eigenvalue weighted by atomic mass is 19.4. The van der Waals surface area contributed by atoms with Crippen LogP contribution in [0, 0.1) is 0 Å². The fourth-order valence-corrected chi connectivity index (χ4v) is 1.45. The zero-order valence-corrected chi connectivity index (χ0v) is 11.1. The van der Waals surface area contributed by atoms with E-state index in [1.54, 1.807) is 18.2 Å². The van der Waals surface area contributed by atoms with Crippen molar-refractivity contribution in [1.82, 2.24) is 9.97 Å². The highest BCUT2D eigenvalue weighted by molar-refractivity contribution is 5.30. The van der Waals surface area contributed by atoms with Crippen LogP contribution < -0.4 is 9.47 Å². The molecule has 0 unspecified atom stereocenters. The molecule has 0 bridgehead atoms. The summed E-state index contributed by atoms with van der Waals surface area (Å²) >= 11 is 0. The molecule has 1 heterocycles. The maximum absolute atomic E-state index is 12.7. The first-order chi connectivity index (χ1) is 10.6. The van der Waals surface area contributed by atoms with Crippen LogP contribution in [0.5, 0.6) is 17.6 Å². The Morgan fingerprint density at radius 3 is 2.17 bits per heavy atom. The Bertz CT molecular complexity index is 658. The molecular formula is C13H8F6N2O2. The molecule has 0 amide bonds. The van der Waals surface area contributed by atoms with E-state index in [0.29, 0.717) is 6.20 Å². The standard InChI is InChI=1S/C13H8F6N2O2/c14-12(15,16)7-22-10-9(13(17,18)19)6-20-11(21-10)23-8-4-2-1-3-5-8/h1-6H,7H2. The molecule has 0 N–H and O–H groups in total. The second-order valence-corrected chi connectivity index (χ2v) is 4.19. The molecule has 0 saturated carbocycles. The van der Waals surface area contributed by atoms with Gasteiger partial charge in [-0.15, -0.1) is 0 Å². The Kier molecular flexibility index (Phi) is 4.62. The highest BCUT2D eigenvalue weighted by Gasteiger charge is 2.38. The topological polar surface area (TPSA) is 44.2 Å². The number of hydrogen-bond acceptors (Lipinski definition) is 4. The molecule has 10 heteroatoms. The van der Waals surface area contributed by atoms with Crippen LogP contribution in [0.25, 0.3) is 0 Å². The van der Waals surface area contributed by atoms with Gasteiger partial charge in [-0.3, -0.25) is 0 Å². The molecule has 4 nitrogen and oxygen atoms in total. The molecule has 1 aromatic carbocycles. The van der Waals surface area contributed by atoms with E-state index in [4.69, 9.17) is 4.74 Å². The third kappa shape index (κ3) is 5.01. The van der Waals surface area contributed by atoms with E-state index in [1.807, 2.05) is 0 Å². The number of alkyl halides is 6. The quantitative estimate of drug-likeness (QED) is 0.783. The van der Waals surface area contributed by atoms with Gasteiger partial charge in [-0.1, -0.05) is 18.2 Å². The normalized spacial score (nSPS) is 12.1. The molecule has 1 aromatic heterocycles. The van der Waals surface area contributed by atoms with Crippen molar-refractivity contribution in [2.45, 2.75) is 12.4 Å². The number of halogens is 6. The number of rotatable bonds is 4. The van der Waals surface area contributed by atoms with Crippen LogP contribution >= 0.6 is 0 Å². The van der Waals surface area contributed by atoms with Crippen LogP contribution in [0.1, 0.15) is 5.56 Å². The van der Waals surface area contributed by atoms with E-state index in [2.05, 4.69) is 14.7 Å². The van der Waals surface area contributed by atoms with Gasteiger partial charge in [0.2, 0.25) is 5.88 Å². The smallest absolute Gasteiger partial charge is 0.423 e. The van der Waals surface area contributed by atoms with Gasteiger partial charge in [-0.05, 0) is 12.1 Å². The van der Waals surface area contributed by atoms with E-state index in [9.17, 15) is 26.3 Å². The van der Waals surface area contributed by atoms with Gasteiger partial charge >= 0.3 is 18.4 Å². The lowest BCUT2D eigenvalue weighted by molar-refractivity contribution is -0.159. The third-order valence-electron chi connectivity index (χ3n) is 2.36. The Hall–Kier alpha value is -2.52. The zero-order valence-electron chi connectivity index (χ0n) is 11.1. The number of nitrogens with zero attached hydrogens (tertiary/aromatic N) is 2. The molecule has 0 fully saturated rings. The molecular weight excluding hydrogens is 330 g/mol. The third-order valence-corrected chi connectivity index (χ3v) is 2.36. The molecule has 2 rings (SSSR count). The SMILES string of the molecule is FC(F)(F)COc1nc(Oc2ccccc2)ncc1C(F)(F)F. The van der Waals surface area contributed by atoms with Crippen molar-refractivity contribution in [1.29, 1.82) is 0 Å². The van der Waals surface area contributed by atoms with E-state index in [-0.39, 0.29) is 5.75 Å². The van der Waals surface area contributed by atoms with E-state index in [1.165, 1.54) is 12.1 Å². The molecule has 0 atom stereocenters. The summed E-state index contributed by atoms with van der Waals surface area (Å²) in [6.45, 7) is -1.92. The fraction of sp³-hybridized carbons (Fsp3) is 0.231. The van der Waals surface area contributed by atoms with Gasteiger partial charge in [0.15, 0.2) is 6.61 Å². The minimum absolute atomic E-state index is 0.203. The molecule has 0 spiro atoms. The predicted molar refractivity (Wildman–Crippen MR) is 65.1 cm³/mol. The van der Waals surface area contributed by atoms with Gasteiger partial charge in [-0.2, -0.15) is 31.3 Å². The summed E-state index contributed by atoms with van der Waals surface area (Å²) < 4.78 is 83.8. The van der Waals surface area contributed by atoms with E-state index in [0.717, 1.165) is 0 Å².